The first-order valence-corrected chi connectivity index (χ1v) is 7.29. The van der Waals surface area contributed by atoms with Gasteiger partial charge in [-0.1, -0.05) is 15.9 Å². The fraction of sp³-hybridized carbons (Fsp3) is 0.500. The van der Waals surface area contributed by atoms with E-state index in [2.05, 4.69) is 26.6 Å². The monoisotopic (exact) mass is 310 g/mol. The average molecular weight is 311 g/mol. The molecular weight excluding hydrogens is 292 g/mol. The van der Waals surface area contributed by atoms with Gasteiger partial charge in [0.15, 0.2) is 0 Å². The van der Waals surface area contributed by atoms with Crippen LogP contribution in [0.4, 0.5) is 5.69 Å². The molecule has 1 saturated heterocycles. The molecule has 0 spiro atoms. The Balaban J connectivity index is 1.73. The molecule has 1 aromatic carbocycles. The number of carbonyl (C=O) groups is 1. The molecule has 1 heterocycles. The number of amides is 1. The summed E-state index contributed by atoms with van der Waals surface area (Å²) in [6.45, 7) is 2.19. The Hall–Kier alpha value is -0.870. The summed E-state index contributed by atoms with van der Waals surface area (Å²) in [7, 11) is 0. The van der Waals surface area contributed by atoms with Crippen LogP contribution in [-0.2, 0) is 4.79 Å². The molecule has 0 aromatic heterocycles. The molecule has 1 aromatic rings. The Morgan fingerprint density at radius 1 is 1.39 bits per heavy atom. The standard InChI is InChI=1S/C14H19BrN2O/c15-12-4-6-13(7-5-12)17-14(18)8-3-11-2-1-9-16-10-11/h4-7,11,16H,1-3,8-10H2,(H,17,18). The molecule has 0 aliphatic carbocycles. The number of hydrogen-bond acceptors (Lipinski definition) is 2. The molecule has 1 aliphatic rings. The van der Waals surface area contributed by atoms with Crippen molar-refractivity contribution < 1.29 is 4.79 Å². The van der Waals surface area contributed by atoms with E-state index in [9.17, 15) is 4.79 Å². The summed E-state index contributed by atoms with van der Waals surface area (Å²) in [5.41, 5.74) is 0.866. The number of piperidine rings is 1. The van der Waals surface area contributed by atoms with Gasteiger partial charge in [0.2, 0.25) is 5.91 Å². The van der Waals surface area contributed by atoms with Gasteiger partial charge >= 0.3 is 0 Å². The van der Waals surface area contributed by atoms with Gasteiger partial charge in [0, 0.05) is 16.6 Å². The van der Waals surface area contributed by atoms with Gasteiger partial charge < -0.3 is 10.6 Å². The first kappa shape index (κ1) is 13.6. The van der Waals surface area contributed by atoms with Crippen molar-refractivity contribution in [3.05, 3.63) is 28.7 Å². The minimum atomic E-state index is 0.114. The molecule has 0 radical (unpaired) electrons. The van der Waals surface area contributed by atoms with Crippen molar-refractivity contribution in [2.45, 2.75) is 25.7 Å². The molecule has 4 heteroatoms. The van der Waals surface area contributed by atoms with E-state index in [1.807, 2.05) is 24.3 Å². The molecule has 3 nitrogen and oxygen atoms in total. The zero-order chi connectivity index (χ0) is 12.8. The van der Waals surface area contributed by atoms with E-state index in [-0.39, 0.29) is 5.91 Å². The summed E-state index contributed by atoms with van der Waals surface area (Å²) in [6, 6.07) is 7.68. The maximum Gasteiger partial charge on any atom is 0.224 e. The Morgan fingerprint density at radius 3 is 2.83 bits per heavy atom. The molecule has 1 fully saturated rings. The summed E-state index contributed by atoms with van der Waals surface area (Å²) in [4.78, 5) is 11.8. The third-order valence-corrected chi connectivity index (χ3v) is 3.84. The zero-order valence-corrected chi connectivity index (χ0v) is 12.0. The van der Waals surface area contributed by atoms with Crippen molar-refractivity contribution in [3.63, 3.8) is 0 Å². The average Bonchev–Trinajstić information content (AvgIpc) is 2.40. The highest BCUT2D eigenvalue weighted by atomic mass is 79.9. The predicted molar refractivity (Wildman–Crippen MR) is 77.6 cm³/mol. The number of rotatable bonds is 4. The summed E-state index contributed by atoms with van der Waals surface area (Å²) >= 11 is 3.37. The lowest BCUT2D eigenvalue weighted by atomic mass is 9.94. The van der Waals surface area contributed by atoms with Crippen LogP contribution in [0.3, 0.4) is 0 Å². The summed E-state index contributed by atoms with van der Waals surface area (Å²) in [6.07, 6.45) is 4.08. The SMILES string of the molecule is O=C(CCC1CCCNC1)Nc1ccc(Br)cc1. The molecule has 1 amide bonds. The normalized spacial score (nSPS) is 19.5. The first-order chi connectivity index (χ1) is 8.74. The van der Waals surface area contributed by atoms with Gasteiger partial charge in [0.05, 0.1) is 0 Å². The van der Waals surface area contributed by atoms with Crippen LogP contribution in [0, 0.1) is 5.92 Å². The maximum atomic E-state index is 11.8. The highest BCUT2D eigenvalue weighted by Gasteiger charge is 2.14. The highest BCUT2D eigenvalue weighted by molar-refractivity contribution is 9.10. The Bertz CT molecular complexity index is 385. The van der Waals surface area contributed by atoms with Crippen LogP contribution in [0.5, 0.6) is 0 Å². The number of hydrogen-bond donors (Lipinski definition) is 2. The van der Waals surface area contributed by atoms with Gasteiger partial charge in [-0.3, -0.25) is 4.79 Å². The summed E-state index contributed by atoms with van der Waals surface area (Å²) in [5.74, 6) is 0.775. The van der Waals surface area contributed by atoms with E-state index in [1.165, 1.54) is 12.8 Å². The second-order valence-electron chi connectivity index (χ2n) is 4.81. The first-order valence-electron chi connectivity index (χ1n) is 6.50. The molecule has 98 valence electrons. The third kappa shape index (κ3) is 4.42. The molecule has 1 unspecified atom stereocenters. The van der Waals surface area contributed by atoms with E-state index in [0.717, 1.165) is 29.7 Å². The van der Waals surface area contributed by atoms with Crippen molar-refractivity contribution in [1.29, 1.82) is 0 Å². The maximum absolute atomic E-state index is 11.8. The zero-order valence-electron chi connectivity index (χ0n) is 10.4. The van der Waals surface area contributed by atoms with Crippen molar-refractivity contribution in [2.75, 3.05) is 18.4 Å². The van der Waals surface area contributed by atoms with Gasteiger partial charge in [0.1, 0.15) is 0 Å². The second-order valence-corrected chi connectivity index (χ2v) is 5.72. The summed E-state index contributed by atoms with van der Waals surface area (Å²) < 4.78 is 1.02. The molecule has 1 atom stereocenters. The van der Waals surface area contributed by atoms with Crippen LogP contribution in [0.2, 0.25) is 0 Å². The second kappa shape index (κ2) is 6.90. The van der Waals surface area contributed by atoms with E-state index < -0.39 is 0 Å². The topological polar surface area (TPSA) is 41.1 Å². The number of nitrogens with one attached hydrogen (secondary N) is 2. The van der Waals surface area contributed by atoms with Gasteiger partial charge in [0.25, 0.3) is 0 Å². The lowest BCUT2D eigenvalue weighted by Gasteiger charge is -2.22. The predicted octanol–water partition coefficient (Wildman–Crippen LogP) is 3.17. The fourth-order valence-electron chi connectivity index (χ4n) is 2.26. The number of benzene rings is 1. The fourth-order valence-corrected chi connectivity index (χ4v) is 2.53. The van der Waals surface area contributed by atoms with Gasteiger partial charge in [-0.15, -0.1) is 0 Å². The van der Waals surface area contributed by atoms with Gasteiger partial charge in [-0.05, 0) is 62.5 Å². The Kier molecular flexibility index (Phi) is 5.20. The number of halogens is 1. The van der Waals surface area contributed by atoms with E-state index in [0.29, 0.717) is 12.3 Å². The van der Waals surface area contributed by atoms with Crippen molar-refractivity contribution >= 4 is 27.5 Å². The smallest absolute Gasteiger partial charge is 0.224 e. The van der Waals surface area contributed by atoms with Crippen molar-refractivity contribution in [3.8, 4) is 0 Å². The highest BCUT2D eigenvalue weighted by Crippen LogP contribution is 2.17. The van der Waals surface area contributed by atoms with Crippen molar-refractivity contribution in [1.82, 2.24) is 5.32 Å². The van der Waals surface area contributed by atoms with Crippen LogP contribution >= 0.6 is 15.9 Å². The van der Waals surface area contributed by atoms with E-state index in [4.69, 9.17) is 0 Å². The minimum Gasteiger partial charge on any atom is -0.326 e. The Morgan fingerprint density at radius 2 is 2.17 bits per heavy atom. The molecular formula is C14H19BrN2O. The lowest BCUT2D eigenvalue weighted by Crippen LogP contribution is -2.30. The van der Waals surface area contributed by atoms with Crippen LogP contribution in [0.15, 0.2) is 28.7 Å². The Labute approximate surface area is 116 Å². The molecule has 0 bridgehead atoms. The molecule has 2 rings (SSSR count). The van der Waals surface area contributed by atoms with E-state index in [1.54, 1.807) is 0 Å². The largest absolute Gasteiger partial charge is 0.326 e. The molecule has 2 N–H and O–H groups in total. The quantitative estimate of drug-likeness (QED) is 0.897. The van der Waals surface area contributed by atoms with Crippen LogP contribution < -0.4 is 10.6 Å². The molecule has 18 heavy (non-hydrogen) atoms. The van der Waals surface area contributed by atoms with Crippen molar-refractivity contribution in [2.24, 2.45) is 5.92 Å². The van der Waals surface area contributed by atoms with Crippen LogP contribution in [0.1, 0.15) is 25.7 Å². The van der Waals surface area contributed by atoms with Crippen LogP contribution in [-0.4, -0.2) is 19.0 Å². The molecule has 0 saturated carbocycles. The van der Waals surface area contributed by atoms with Gasteiger partial charge in [-0.2, -0.15) is 0 Å². The number of carbonyl (C=O) groups excluding carboxylic acids is 1. The summed E-state index contributed by atoms with van der Waals surface area (Å²) in [5, 5.41) is 6.31. The molecule has 1 aliphatic heterocycles. The van der Waals surface area contributed by atoms with E-state index >= 15 is 0 Å². The minimum absolute atomic E-state index is 0.114. The van der Waals surface area contributed by atoms with Crippen LogP contribution in [0.25, 0.3) is 0 Å². The van der Waals surface area contributed by atoms with Gasteiger partial charge in [-0.25, -0.2) is 0 Å². The number of anilines is 1. The lowest BCUT2D eigenvalue weighted by molar-refractivity contribution is -0.116. The third-order valence-electron chi connectivity index (χ3n) is 3.31.